The maximum atomic E-state index is 13.0. The molecule has 1 fully saturated rings. The van der Waals surface area contributed by atoms with Gasteiger partial charge in [-0.3, -0.25) is 4.79 Å². The van der Waals surface area contributed by atoms with E-state index in [0.717, 1.165) is 30.4 Å². The molecular formula is C57H47NO6. The third-order valence-electron chi connectivity index (χ3n) is 9.03. The molecule has 7 heteroatoms. The van der Waals surface area contributed by atoms with Crippen molar-refractivity contribution in [3.63, 3.8) is 0 Å². The van der Waals surface area contributed by atoms with Crippen LogP contribution in [0.25, 0.3) is 0 Å². The molecular weight excluding hydrogens is 795 g/mol. The molecule has 7 atom stereocenters. The number of aliphatic hydroxyl groups is 1. The van der Waals surface area contributed by atoms with Gasteiger partial charge < -0.3 is 29.4 Å². The third kappa shape index (κ3) is 22.1. The Morgan fingerprint density at radius 3 is 1.67 bits per heavy atom. The van der Waals surface area contributed by atoms with Crippen molar-refractivity contribution in [3.05, 3.63) is 83.9 Å². The normalized spacial score (nSPS) is 16.9. The molecule has 2 unspecified atom stereocenters. The molecule has 1 saturated heterocycles. The topological polar surface area (TPSA) is 86.3 Å². The number of benzene rings is 2. The van der Waals surface area contributed by atoms with Crippen molar-refractivity contribution in [2.24, 2.45) is 11.8 Å². The van der Waals surface area contributed by atoms with Gasteiger partial charge in [0.2, 0.25) is 0 Å². The van der Waals surface area contributed by atoms with E-state index in [2.05, 4.69) is 168 Å². The number of allylic oxidation sites excluding steroid dienone is 1. The lowest BCUT2D eigenvalue weighted by Gasteiger charge is -2.44. The monoisotopic (exact) mass is 841 g/mol. The lowest BCUT2D eigenvalue weighted by molar-refractivity contribution is -0.291. The minimum absolute atomic E-state index is 0.0230. The molecule has 7 nitrogen and oxygen atoms in total. The first-order valence-electron chi connectivity index (χ1n) is 20.5. The average Bonchev–Trinajstić information content (AvgIpc) is 3.31. The van der Waals surface area contributed by atoms with Crippen LogP contribution in [-0.2, 0) is 37.0 Å². The number of hydrogen-bond donors (Lipinski definition) is 2. The molecule has 2 aromatic rings. The number of nitrogens with one attached hydrogen (secondary N) is 1. The Morgan fingerprint density at radius 2 is 1.17 bits per heavy atom. The van der Waals surface area contributed by atoms with E-state index < -0.39 is 30.4 Å². The maximum absolute atomic E-state index is 13.0. The molecule has 1 aliphatic rings. The van der Waals surface area contributed by atoms with Crippen molar-refractivity contribution in [2.75, 3.05) is 13.2 Å². The summed E-state index contributed by atoms with van der Waals surface area (Å²) in [7, 11) is 0. The standard InChI is InChI=1S/C57H47NO6/c1-5-7-9-11-12-13-14-15-16-17-18-19-20-21-22-23-24-25-26-27-28-29-37-43-55(60)58-52(53(59)42-36-10-8-6-2)46-63-57-56(62-45-51-40-34-31-35-41-51)49(4)48(3)54(64-57)47-61-44-50-38-32-30-33-39-50/h30-36,38-42,48-49,52-54,56-57,59H,6,8,10,44-47H2,1-4H3,(H,58,60)/b42-36+/t48-,49+,52+,53-,54?,56?,57-/m1/s1. The fraction of sp³-hybridized carbons (Fsp3) is 0.316. The second-order valence-electron chi connectivity index (χ2n) is 13.6. The number of aliphatic hydroxyl groups excluding tert-OH is 1. The van der Waals surface area contributed by atoms with Crippen molar-refractivity contribution in [1.29, 1.82) is 0 Å². The zero-order valence-corrected chi connectivity index (χ0v) is 36.4. The van der Waals surface area contributed by atoms with Crippen LogP contribution in [0.4, 0.5) is 0 Å². The van der Waals surface area contributed by atoms with Crippen LogP contribution < -0.4 is 5.32 Å². The van der Waals surface area contributed by atoms with Crippen LogP contribution in [0.5, 0.6) is 0 Å². The molecule has 0 aromatic heterocycles. The van der Waals surface area contributed by atoms with E-state index in [0.29, 0.717) is 19.8 Å². The number of carbonyl (C=O) groups excluding carboxylic acids is 1. The summed E-state index contributed by atoms with van der Waals surface area (Å²) in [6, 6.07) is 19.0. The number of rotatable bonds is 16. The van der Waals surface area contributed by atoms with Crippen LogP contribution in [0.1, 0.15) is 58.1 Å². The Kier molecular flexibility index (Phi) is 26.0. The summed E-state index contributed by atoms with van der Waals surface area (Å²) in [6.07, 6.45) is 3.69. The van der Waals surface area contributed by atoms with Crippen molar-refractivity contribution in [1.82, 2.24) is 5.32 Å². The van der Waals surface area contributed by atoms with E-state index in [1.54, 1.807) is 13.0 Å². The molecule has 2 aromatic carbocycles. The Morgan fingerprint density at radius 1 is 0.688 bits per heavy atom. The maximum Gasteiger partial charge on any atom is 0.297 e. The van der Waals surface area contributed by atoms with Gasteiger partial charge in [-0.05, 0) is 131 Å². The largest absolute Gasteiger partial charge is 0.387 e. The molecule has 1 amide bonds. The van der Waals surface area contributed by atoms with Gasteiger partial charge in [-0.2, -0.15) is 0 Å². The number of ether oxygens (including phenoxy) is 4. The first-order valence-corrected chi connectivity index (χ1v) is 20.5. The predicted molar refractivity (Wildman–Crippen MR) is 250 cm³/mol. The van der Waals surface area contributed by atoms with Gasteiger partial charge >= 0.3 is 0 Å². The summed E-state index contributed by atoms with van der Waals surface area (Å²) in [5, 5.41) is 14.0. The number of hydrogen-bond acceptors (Lipinski definition) is 6. The van der Waals surface area contributed by atoms with Crippen LogP contribution in [0, 0.1) is 154 Å². The molecule has 1 aliphatic heterocycles. The minimum Gasteiger partial charge on any atom is -0.387 e. The van der Waals surface area contributed by atoms with Crippen LogP contribution in [-0.4, -0.2) is 54.9 Å². The number of amides is 1. The average molecular weight is 842 g/mol. The van der Waals surface area contributed by atoms with Gasteiger partial charge in [0.1, 0.15) is 6.10 Å². The van der Waals surface area contributed by atoms with Gasteiger partial charge in [0.25, 0.3) is 5.91 Å². The first-order chi connectivity index (χ1) is 31.4. The third-order valence-corrected chi connectivity index (χ3v) is 9.03. The second-order valence-corrected chi connectivity index (χ2v) is 13.6. The molecule has 0 aliphatic carbocycles. The number of carbonyl (C=O) groups is 1. The highest BCUT2D eigenvalue weighted by atomic mass is 16.7. The van der Waals surface area contributed by atoms with Gasteiger partial charge in [-0.1, -0.05) is 112 Å². The SMILES string of the molecule is CC#CC#CC#CC#CC#CC#CC#CC#CC#CC#CC#CC#CC(=O)N[C@@H](CO[C@@H]1OC(COCc2ccccc2)[C@H](C)[C@H](C)C1OCc1ccccc1)[C@H](O)/C=C/CCCC. The first kappa shape index (κ1) is 50.5. The summed E-state index contributed by atoms with van der Waals surface area (Å²) < 4.78 is 25.5. The zero-order chi connectivity index (χ0) is 45.7. The van der Waals surface area contributed by atoms with Crippen molar-refractivity contribution < 1.29 is 28.8 Å². The second kappa shape index (κ2) is 32.9. The van der Waals surface area contributed by atoms with E-state index in [4.69, 9.17) is 18.9 Å². The Balaban J connectivity index is 1.63. The highest BCUT2D eigenvalue weighted by Crippen LogP contribution is 2.34. The fourth-order valence-electron chi connectivity index (χ4n) is 5.54. The molecule has 64 heavy (non-hydrogen) atoms. The Labute approximate surface area is 380 Å². The van der Waals surface area contributed by atoms with Gasteiger partial charge in [-0.25, -0.2) is 0 Å². The molecule has 0 saturated carbocycles. The van der Waals surface area contributed by atoms with Crippen LogP contribution in [0.3, 0.4) is 0 Å². The summed E-state index contributed by atoms with van der Waals surface area (Å²) in [5.74, 6) is 60.0. The van der Waals surface area contributed by atoms with Crippen molar-refractivity contribution in [2.45, 2.75) is 90.8 Å². The lowest BCUT2D eigenvalue weighted by atomic mass is 9.83. The van der Waals surface area contributed by atoms with Crippen molar-refractivity contribution in [3.8, 4) is 142 Å². The summed E-state index contributed by atoms with van der Waals surface area (Å²) in [5.41, 5.74) is 2.08. The number of unbranched alkanes of at least 4 members (excludes halogenated alkanes) is 2. The summed E-state index contributed by atoms with van der Waals surface area (Å²) in [4.78, 5) is 13.0. The fourth-order valence-corrected chi connectivity index (χ4v) is 5.54. The van der Waals surface area contributed by atoms with E-state index in [-0.39, 0.29) is 24.5 Å². The summed E-state index contributed by atoms with van der Waals surface area (Å²) in [6.45, 7) is 9.08. The predicted octanol–water partition coefficient (Wildman–Crippen LogP) is 5.46. The zero-order valence-electron chi connectivity index (χ0n) is 36.4. The van der Waals surface area contributed by atoms with Crippen LogP contribution in [0.15, 0.2) is 72.8 Å². The quantitative estimate of drug-likeness (QED) is 0.133. The Bertz CT molecular complexity index is 2670. The van der Waals surface area contributed by atoms with Gasteiger partial charge in [0.15, 0.2) is 6.29 Å². The molecule has 316 valence electrons. The van der Waals surface area contributed by atoms with Gasteiger partial charge in [0.05, 0.1) is 44.7 Å². The van der Waals surface area contributed by atoms with E-state index >= 15 is 0 Å². The lowest BCUT2D eigenvalue weighted by Crippen LogP contribution is -2.54. The Hall–Kier alpha value is -7.83. The smallest absolute Gasteiger partial charge is 0.297 e. The highest BCUT2D eigenvalue weighted by molar-refractivity contribution is 5.94. The van der Waals surface area contributed by atoms with Crippen LogP contribution >= 0.6 is 0 Å². The molecule has 1 heterocycles. The van der Waals surface area contributed by atoms with E-state index in [1.165, 1.54) is 0 Å². The van der Waals surface area contributed by atoms with E-state index in [9.17, 15) is 9.90 Å². The molecule has 0 radical (unpaired) electrons. The molecule has 0 spiro atoms. The van der Waals surface area contributed by atoms with Crippen LogP contribution in [0.2, 0.25) is 0 Å². The van der Waals surface area contributed by atoms with E-state index in [1.807, 2.05) is 66.7 Å². The summed E-state index contributed by atoms with van der Waals surface area (Å²) >= 11 is 0. The highest BCUT2D eigenvalue weighted by Gasteiger charge is 2.43. The molecule has 2 N–H and O–H groups in total. The minimum atomic E-state index is -1.07. The van der Waals surface area contributed by atoms with Gasteiger partial charge in [-0.15, -0.1) is 0 Å². The molecule has 0 bridgehead atoms. The van der Waals surface area contributed by atoms with Gasteiger partial charge in [0, 0.05) is 41.4 Å². The molecule has 3 rings (SSSR count). The van der Waals surface area contributed by atoms with Crippen molar-refractivity contribution >= 4 is 5.91 Å².